The summed E-state index contributed by atoms with van der Waals surface area (Å²) >= 11 is 1.70. The van der Waals surface area contributed by atoms with Crippen LogP contribution < -0.4 is 0 Å². The topological polar surface area (TPSA) is 33.1 Å². The van der Waals surface area contributed by atoms with E-state index in [1.165, 1.54) is 6.20 Å². The Hall–Kier alpha value is -0.390. The first-order valence-electron chi connectivity index (χ1n) is 2.20. The van der Waals surface area contributed by atoms with Crippen LogP contribution in [0, 0.1) is 9.39 Å². The molecule has 0 bridgehead atoms. The van der Waals surface area contributed by atoms with E-state index in [0.29, 0.717) is 0 Å². The molecule has 0 aromatic carbocycles. The van der Waals surface area contributed by atoms with Crippen LogP contribution in [0.5, 0.6) is 5.75 Å². The van der Waals surface area contributed by atoms with Gasteiger partial charge in [-0.05, 0) is 22.6 Å². The number of aromatic nitrogens is 1. The van der Waals surface area contributed by atoms with Gasteiger partial charge < -0.3 is 5.11 Å². The van der Waals surface area contributed by atoms with Gasteiger partial charge in [0.1, 0.15) is 5.75 Å². The van der Waals surface area contributed by atoms with Gasteiger partial charge in [-0.1, -0.05) is 0 Å². The molecule has 1 N–H and O–H groups in total. The van der Waals surface area contributed by atoms with Crippen molar-refractivity contribution in [2.24, 2.45) is 0 Å². The van der Waals surface area contributed by atoms with Gasteiger partial charge in [-0.15, -0.1) is 0 Å². The summed E-state index contributed by atoms with van der Waals surface area (Å²) in [7, 11) is 0. The van der Waals surface area contributed by atoms with Crippen molar-refractivity contribution in [3.8, 4) is 5.75 Å². The van der Waals surface area contributed by atoms with E-state index in [1.807, 2.05) is 0 Å². The van der Waals surface area contributed by atoms with Crippen molar-refractivity contribution in [1.82, 2.24) is 4.98 Å². The zero-order valence-corrected chi connectivity index (χ0v) is 6.46. The van der Waals surface area contributed by atoms with Crippen LogP contribution in [-0.4, -0.2) is 10.1 Å². The lowest BCUT2D eigenvalue weighted by Crippen LogP contribution is -1.82. The molecule has 0 atom stereocenters. The highest BCUT2D eigenvalue weighted by Gasteiger charge is 2.01. The minimum Gasteiger partial charge on any atom is -0.505 e. The molecule has 0 aliphatic rings. The second-order valence-electron chi connectivity index (χ2n) is 1.45. The third-order valence-corrected chi connectivity index (χ3v) is 1.89. The van der Waals surface area contributed by atoms with Crippen LogP contribution in [0.15, 0.2) is 12.4 Å². The third-order valence-electron chi connectivity index (χ3n) is 0.819. The molecular formula is C5H3FINO. The van der Waals surface area contributed by atoms with Gasteiger partial charge >= 0.3 is 0 Å². The first kappa shape index (κ1) is 6.73. The Morgan fingerprint density at radius 1 is 1.56 bits per heavy atom. The Bertz CT molecular complexity index is 208. The molecule has 1 aromatic heterocycles. The number of hydrogen-bond donors (Lipinski definition) is 1. The molecule has 0 aliphatic carbocycles. The van der Waals surface area contributed by atoms with Gasteiger partial charge in [-0.3, -0.25) is 4.98 Å². The molecule has 1 aromatic rings. The number of nitrogens with zero attached hydrogens (tertiary/aromatic N) is 1. The molecule has 48 valence electrons. The van der Waals surface area contributed by atoms with E-state index in [-0.39, 0.29) is 9.32 Å². The molecule has 0 fully saturated rings. The first-order chi connectivity index (χ1) is 4.22. The Morgan fingerprint density at radius 3 is 2.67 bits per heavy atom. The van der Waals surface area contributed by atoms with Crippen LogP contribution >= 0.6 is 22.6 Å². The fourth-order valence-electron chi connectivity index (χ4n) is 0.409. The van der Waals surface area contributed by atoms with E-state index < -0.39 is 5.82 Å². The quantitative estimate of drug-likeness (QED) is 0.696. The summed E-state index contributed by atoms with van der Waals surface area (Å²) < 4.78 is 12.6. The second kappa shape index (κ2) is 2.47. The van der Waals surface area contributed by atoms with Gasteiger partial charge in [0.25, 0.3) is 0 Å². The van der Waals surface area contributed by atoms with E-state index in [0.717, 1.165) is 6.20 Å². The van der Waals surface area contributed by atoms with Gasteiger partial charge in [0, 0.05) is 0 Å². The zero-order valence-electron chi connectivity index (χ0n) is 4.31. The normalized spacial score (nSPS) is 9.56. The van der Waals surface area contributed by atoms with Gasteiger partial charge in [0.15, 0.2) is 5.82 Å². The molecule has 1 rings (SSSR count). The van der Waals surface area contributed by atoms with Crippen molar-refractivity contribution in [2.45, 2.75) is 0 Å². The van der Waals surface area contributed by atoms with Crippen molar-refractivity contribution in [3.63, 3.8) is 0 Å². The lowest BCUT2D eigenvalue weighted by atomic mass is 10.4. The lowest BCUT2D eigenvalue weighted by Gasteiger charge is -1.93. The summed E-state index contributed by atoms with van der Waals surface area (Å²) in [6.07, 6.45) is 2.26. The number of pyridine rings is 1. The number of aromatic hydroxyl groups is 1. The van der Waals surface area contributed by atoms with E-state index in [2.05, 4.69) is 4.98 Å². The number of halogens is 2. The van der Waals surface area contributed by atoms with E-state index in [4.69, 9.17) is 5.11 Å². The largest absolute Gasteiger partial charge is 0.505 e. The fourth-order valence-corrected chi connectivity index (χ4v) is 0.688. The third kappa shape index (κ3) is 1.29. The predicted octanol–water partition coefficient (Wildman–Crippen LogP) is 1.53. The van der Waals surface area contributed by atoms with Crippen LogP contribution in [0.1, 0.15) is 0 Å². The van der Waals surface area contributed by atoms with Crippen molar-refractivity contribution < 1.29 is 9.50 Å². The second-order valence-corrected chi connectivity index (χ2v) is 2.53. The number of hydrogen-bond acceptors (Lipinski definition) is 2. The molecule has 0 unspecified atom stereocenters. The summed E-state index contributed by atoms with van der Waals surface area (Å²) in [5.41, 5.74) is 0. The fraction of sp³-hybridized carbons (Fsp3) is 0. The van der Waals surface area contributed by atoms with Crippen LogP contribution in [0.2, 0.25) is 0 Å². The summed E-state index contributed by atoms with van der Waals surface area (Å²) in [4.78, 5) is 3.41. The molecule has 2 nitrogen and oxygen atoms in total. The molecule has 9 heavy (non-hydrogen) atoms. The highest BCUT2D eigenvalue weighted by atomic mass is 127. The van der Waals surface area contributed by atoms with Crippen molar-refractivity contribution in [1.29, 1.82) is 0 Å². The monoisotopic (exact) mass is 239 g/mol. The molecule has 0 radical (unpaired) electrons. The summed E-state index contributed by atoms with van der Waals surface area (Å²) in [5, 5.41) is 8.79. The Kier molecular flexibility index (Phi) is 1.84. The lowest BCUT2D eigenvalue weighted by molar-refractivity contribution is 0.459. The molecule has 0 aliphatic heterocycles. The van der Waals surface area contributed by atoms with Crippen molar-refractivity contribution in [2.75, 3.05) is 0 Å². The maximum absolute atomic E-state index is 12.3. The SMILES string of the molecule is Oc1cncc(F)c1I. The Balaban J connectivity index is 3.25. The van der Waals surface area contributed by atoms with E-state index >= 15 is 0 Å². The van der Waals surface area contributed by atoms with Gasteiger partial charge in [0.05, 0.1) is 16.0 Å². The van der Waals surface area contributed by atoms with Gasteiger partial charge in [0.2, 0.25) is 0 Å². The summed E-state index contributed by atoms with van der Waals surface area (Å²) in [6, 6.07) is 0. The first-order valence-corrected chi connectivity index (χ1v) is 3.27. The molecule has 0 saturated heterocycles. The average molecular weight is 239 g/mol. The molecule has 4 heteroatoms. The average Bonchev–Trinajstić information content (AvgIpc) is 1.83. The van der Waals surface area contributed by atoms with Crippen LogP contribution in [-0.2, 0) is 0 Å². The van der Waals surface area contributed by atoms with Crippen LogP contribution in [0.4, 0.5) is 4.39 Å². The summed E-state index contributed by atoms with van der Waals surface area (Å²) in [5.74, 6) is -0.605. The highest BCUT2D eigenvalue weighted by molar-refractivity contribution is 14.1. The number of rotatable bonds is 0. The van der Waals surface area contributed by atoms with E-state index in [1.54, 1.807) is 22.6 Å². The highest BCUT2D eigenvalue weighted by Crippen LogP contribution is 2.19. The van der Waals surface area contributed by atoms with Crippen molar-refractivity contribution >= 4 is 22.6 Å². The van der Waals surface area contributed by atoms with Gasteiger partial charge in [-0.2, -0.15) is 0 Å². The van der Waals surface area contributed by atoms with Crippen LogP contribution in [0.25, 0.3) is 0 Å². The zero-order chi connectivity index (χ0) is 6.85. The predicted molar refractivity (Wildman–Crippen MR) is 38.6 cm³/mol. The summed E-state index contributed by atoms with van der Waals surface area (Å²) in [6.45, 7) is 0. The van der Waals surface area contributed by atoms with Crippen molar-refractivity contribution in [3.05, 3.63) is 21.8 Å². The smallest absolute Gasteiger partial charge is 0.158 e. The molecule has 0 spiro atoms. The van der Waals surface area contributed by atoms with E-state index in [9.17, 15) is 4.39 Å². The Labute approximate surface area is 64.9 Å². The minimum atomic E-state index is -0.490. The molecule has 1 heterocycles. The molecule has 0 saturated carbocycles. The van der Waals surface area contributed by atoms with Crippen LogP contribution in [0.3, 0.4) is 0 Å². The maximum atomic E-state index is 12.3. The molecular weight excluding hydrogens is 236 g/mol. The molecule has 0 amide bonds. The standard InChI is InChI=1S/C5H3FINO/c6-3-1-8-2-4(9)5(3)7/h1-2,9H. The Morgan fingerprint density at radius 2 is 2.22 bits per heavy atom. The van der Waals surface area contributed by atoms with Gasteiger partial charge in [-0.25, -0.2) is 4.39 Å². The minimum absolute atomic E-state index is 0.115. The maximum Gasteiger partial charge on any atom is 0.158 e.